The molecule has 0 atom stereocenters. The molecule has 0 aliphatic rings. The third-order valence-electron chi connectivity index (χ3n) is 2.80. The van der Waals surface area contributed by atoms with Gasteiger partial charge in [-0.05, 0) is 13.8 Å². The van der Waals surface area contributed by atoms with E-state index in [1.807, 2.05) is 6.07 Å². The minimum atomic E-state index is -0.616. The minimum Gasteiger partial charge on any atom is -0.394 e. The van der Waals surface area contributed by atoms with Gasteiger partial charge in [0.05, 0.1) is 17.1 Å². The Kier molecular flexibility index (Phi) is 3.83. The Morgan fingerprint density at radius 2 is 2.28 bits per heavy atom. The zero-order chi connectivity index (χ0) is 13.9. The summed E-state index contributed by atoms with van der Waals surface area (Å²) in [5.74, 6) is 0.308. The van der Waals surface area contributed by atoms with E-state index in [1.165, 1.54) is 6.07 Å². The van der Waals surface area contributed by atoms with Crippen molar-refractivity contribution in [1.29, 1.82) is 5.26 Å². The third-order valence-corrected chi connectivity index (χ3v) is 2.80. The maximum Gasteiger partial charge on any atom is 0.289 e. The smallest absolute Gasteiger partial charge is 0.289 e. The topological polar surface area (TPSA) is 103 Å². The highest BCUT2D eigenvalue weighted by atomic mass is 16.6. The van der Waals surface area contributed by atoms with E-state index in [0.717, 1.165) is 6.20 Å². The lowest BCUT2D eigenvalue weighted by Gasteiger charge is -2.35. The summed E-state index contributed by atoms with van der Waals surface area (Å²) in [5, 5.41) is 28.9. The molecule has 0 aromatic carbocycles. The number of nitrogens with zero attached hydrogens (tertiary/aromatic N) is 4. The van der Waals surface area contributed by atoms with Crippen LogP contribution in [-0.4, -0.2) is 34.2 Å². The highest BCUT2D eigenvalue weighted by molar-refractivity contribution is 5.58. The first kappa shape index (κ1) is 13.9. The molecule has 0 spiro atoms. The van der Waals surface area contributed by atoms with Crippen LogP contribution in [0.5, 0.6) is 0 Å². The first-order chi connectivity index (χ1) is 8.33. The van der Waals surface area contributed by atoms with E-state index in [2.05, 4.69) is 4.98 Å². The van der Waals surface area contributed by atoms with Gasteiger partial charge >= 0.3 is 0 Å². The van der Waals surface area contributed by atoms with Crippen molar-refractivity contribution in [1.82, 2.24) is 4.98 Å². The van der Waals surface area contributed by atoms with Crippen molar-refractivity contribution in [2.75, 3.05) is 18.6 Å². The summed E-state index contributed by atoms with van der Waals surface area (Å²) in [7, 11) is 1.67. The Labute approximate surface area is 104 Å². The number of aliphatic hydroxyl groups is 1. The molecule has 18 heavy (non-hydrogen) atoms. The molecule has 1 aromatic heterocycles. The Morgan fingerprint density at radius 3 is 2.72 bits per heavy atom. The van der Waals surface area contributed by atoms with Crippen LogP contribution in [0.25, 0.3) is 0 Å². The highest BCUT2D eigenvalue weighted by Crippen LogP contribution is 2.25. The molecule has 0 bridgehead atoms. The maximum absolute atomic E-state index is 10.6. The SMILES string of the molecule is CN(c1ncc([N+](=O)[O-])cc1C#N)C(C)(C)CO. The zero-order valence-electron chi connectivity index (χ0n) is 10.4. The van der Waals surface area contributed by atoms with Crippen LogP contribution in [0.3, 0.4) is 0 Å². The largest absolute Gasteiger partial charge is 0.394 e. The van der Waals surface area contributed by atoms with Gasteiger partial charge in [-0.3, -0.25) is 10.1 Å². The Morgan fingerprint density at radius 1 is 1.67 bits per heavy atom. The van der Waals surface area contributed by atoms with E-state index >= 15 is 0 Å². The molecule has 7 nitrogen and oxygen atoms in total. The van der Waals surface area contributed by atoms with E-state index in [-0.39, 0.29) is 17.9 Å². The molecule has 1 rings (SSSR count). The van der Waals surface area contributed by atoms with Crippen LogP contribution in [0.1, 0.15) is 19.4 Å². The molecular weight excluding hydrogens is 236 g/mol. The zero-order valence-corrected chi connectivity index (χ0v) is 10.4. The number of pyridine rings is 1. The fourth-order valence-corrected chi connectivity index (χ4v) is 1.29. The number of aliphatic hydroxyl groups excluding tert-OH is 1. The normalized spacial score (nSPS) is 10.8. The number of anilines is 1. The van der Waals surface area contributed by atoms with Crippen molar-refractivity contribution in [3.63, 3.8) is 0 Å². The molecule has 96 valence electrons. The van der Waals surface area contributed by atoms with Crippen molar-refractivity contribution >= 4 is 11.5 Å². The summed E-state index contributed by atoms with van der Waals surface area (Å²) in [6.07, 6.45) is 1.10. The molecule has 0 aliphatic carbocycles. The second-order valence-electron chi connectivity index (χ2n) is 4.46. The standard InChI is InChI=1S/C11H14N4O3/c1-11(2,7-16)14(3)10-8(5-12)4-9(6-13-10)15(17)18/h4,6,16H,7H2,1-3H3. The van der Waals surface area contributed by atoms with E-state index < -0.39 is 10.5 Å². The fourth-order valence-electron chi connectivity index (χ4n) is 1.29. The van der Waals surface area contributed by atoms with Crippen molar-refractivity contribution in [3.05, 3.63) is 27.9 Å². The fraction of sp³-hybridized carbons (Fsp3) is 0.455. The van der Waals surface area contributed by atoms with Gasteiger partial charge in [-0.1, -0.05) is 0 Å². The summed E-state index contributed by atoms with van der Waals surface area (Å²) < 4.78 is 0. The Hall–Kier alpha value is -2.20. The molecule has 0 saturated heterocycles. The molecular formula is C11H14N4O3. The van der Waals surface area contributed by atoms with Crippen LogP contribution in [0.2, 0.25) is 0 Å². The molecule has 0 saturated carbocycles. The lowest BCUT2D eigenvalue weighted by Crippen LogP contribution is -2.45. The van der Waals surface area contributed by atoms with Gasteiger partial charge in [0.25, 0.3) is 5.69 Å². The van der Waals surface area contributed by atoms with Gasteiger partial charge in [0.15, 0.2) is 0 Å². The molecule has 7 heteroatoms. The summed E-state index contributed by atoms with van der Waals surface area (Å²) in [4.78, 5) is 15.6. The van der Waals surface area contributed by atoms with Crippen LogP contribution in [0.4, 0.5) is 11.5 Å². The van der Waals surface area contributed by atoms with Gasteiger partial charge in [0.1, 0.15) is 23.6 Å². The number of likely N-dealkylation sites (N-methyl/N-ethyl adjacent to an activating group) is 1. The van der Waals surface area contributed by atoms with Crippen LogP contribution in [-0.2, 0) is 0 Å². The van der Waals surface area contributed by atoms with Crippen LogP contribution in [0.15, 0.2) is 12.3 Å². The predicted octanol–water partition coefficient (Wildman–Crippen LogP) is 1.07. The quantitative estimate of drug-likeness (QED) is 0.633. The van der Waals surface area contributed by atoms with Gasteiger partial charge in [-0.25, -0.2) is 4.98 Å². The highest BCUT2D eigenvalue weighted by Gasteiger charge is 2.26. The number of aromatic nitrogens is 1. The number of hydrogen-bond donors (Lipinski definition) is 1. The number of hydrogen-bond acceptors (Lipinski definition) is 6. The van der Waals surface area contributed by atoms with Crippen LogP contribution >= 0.6 is 0 Å². The number of nitriles is 1. The van der Waals surface area contributed by atoms with Gasteiger partial charge in [0.2, 0.25) is 0 Å². The summed E-state index contributed by atoms with van der Waals surface area (Å²) in [5.41, 5.74) is -0.743. The second-order valence-corrected chi connectivity index (χ2v) is 4.46. The minimum absolute atomic E-state index is 0.105. The van der Waals surface area contributed by atoms with E-state index in [9.17, 15) is 15.2 Å². The van der Waals surface area contributed by atoms with Crippen molar-refractivity contribution in [3.8, 4) is 6.07 Å². The first-order valence-electron chi connectivity index (χ1n) is 5.22. The molecule has 0 aliphatic heterocycles. The van der Waals surface area contributed by atoms with E-state index in [1.54, 1.807) is 25.8 Å². The Balaban J connectivity index is 3.27. The summed E-state index contributed by atoms with van der Waals surface area (Å²) in [6, 6.07) is 3.05. The molecule has 0 radical (unpaired) electrons. The molecule has 0 fully saturated rings. The average molecular weight is 250 g/mol. The lowest BCUT2D eigenvalue weighted by atomic mass is 10.0. The Bertz CT molecular complexity index is 508. The van der Waals surface area contributed by atoms with Crippen LogP contribution in [0, 0.1) is 21.4 Å². The van der Waals surface area contributed by atoms with Gasteiger partial charge in [-0.15, -0.1) is 0 Å². The third kappa shape index (κ3) is 2.55. The lowest BCUT2D eigenvalue weighted by molar-refractivity contribution is -0.385. The maximum atomic E-state index is 10.6. The molecule has 1 aromatic rings. The van der Waals surface area contributed by atoms with Crippen LogP contribution < -0.4 is 4.90 Å². The van der Waals surface area contributed by atoms with Crippen molar-refractivity contribution in [2.24, 2.45) is 0 Å². The van der Waals surface area contributed by atoms with E-state index in [4.69, 9.17) is 5.26 Å². The van der Waals surface area contributed by atoms with Gasteiger partial charge in [-0.2, -0.15) is 5.26 Å². The van der Waals surface area contributed by atoms with Gasteiger partial charge in [0, 0.05) is 13.1 Å². The number of rotatable bonds is 4. The molecule has 1 heterocycles. The number of nitro groups is 1. The monoisotopic (exact) mass is 250 g/mol. The molecule has 0 amide bonds. The predicted molar refractivity (Wildman–Crippen MR) is 65.2 cm³/mol. The van der Waals surface area contributed by atoms with Crippen molar-refractivity contribution < 1.29 is 10.0 Å². The summed E-state index contributed by atoms with van der Waals surface area (Å²) in [6.45, 7) is 3.42. The van der Waals surface area contributed by atoms with Gasteiger partial charge < -0.3 is 10.0 Å². The second kappa shape index (κ2) is 4.98. The molecule has 1 N–H and O–H groups in total. The average Bonchev–Trinajstić information content (AvgIpc) is 2.36. The van der Waals surface area contributed by atoms with Crippen molar-refractivity contribution in [2.45, 2.75) is 19.4 Å². The first-order valence-corrected chi connectivity index (χ1v) is 5.22. The molecule has 0 unspecified atom stereocenters. The summed E-state index contributed by atoms with van der Waals surface area (Å²) >= 11 is 0. The van der Waals surface area contributed by atoms with E-state index in [0.29, 0.717) is 5.82 Å².